The third-order valence-electron chi connectivity index (χ3n) is 2.93. The molecule has 0 unspecified atom stereocenters. The molecule has 0 amide bonds. The molecule has 3 nitrogen and oxygen atoms in total. The van der Waals surface area contributed by atoms with Gasteiger partial charge in [-0.25, -0.2) is 13.8 Å². The van der Waals surface area contributed by atoms with Crippen molar-refractivity contribution in [3.8, 4) is 5.69 Å². The Bertz CT molecular complexity index is 858. The first-order chi connectivity index (χ1) is 9.88. The number of nitrogens with two attached hydrogens (primary N) is 1. The number of benzene rings is 2. The zero-order valence-electron chi connectivity index (χ0n) is 10.2. The van der Waals surface area contributed by atoms with Crippen molar-refractivity contribution in [2.45, 2.75) is 0 Å². The first-order valence-electron chi connectivity index (χ1n) is 5.66. The van der Waals surface area contributed by atoms with E-state index < -0.39 is 11.6 Å². The zero-order chi connectivity index (χ0) is 15.3. The van der Waals surface area contributed by atoms with Crippen LogP contribution in [-0.2, 0) is 0 Å². The monoisotopic (exact) mass is 483 g/mol. The lowest BCUT2D eigenvalue weighted by atomic mass is 10.2. The van der Waals surface area contributed by atoms with Crippen molar-refractivity contribution in [2.75, 3.05) is 5.73 Å². The molecule has 2 aromatic carbocycles. The number of halogens is 5. The molecule has 0 radical (unpaired) electrons. The highest BCUT2D eigenvalue weighted by molar-refractivity contribution is 14.1. The van der Waals surface area contributed by atoms with Gasteiger partial charge >= 0.3 is 0 Å². The van der Waals surface area contributed by atoms with Gasteiger partial charge in [0.15, 0.2) is 0 Å². The Balaban J connectivity index is 2.41. The van der Waals surface area contributed by atoms with Crippen LogP contribution in [0.3, 0.4) is 0 Å². The third-order valence-corrected chi connectivity index (χ3v) is 4.65. The summed E-state index contributed by atoms with van der Waals surface area (Å²) in [5.41, 5.74) is 7.32. The average Bonchev–Trinajstić information content (AvgIpc) is 2.66. The average molecular weight is 484 g/mol. The van der Waals surface area contributed by atoms with Gasteiger partial charge in [0.25, 0.3) is 0 Å². The van der Waals surface area contributed by atoms with Crippen molar-refractivity contribution < 1.29 is 8.78 Å². The number of hydrogen-bond donors (Lipinski definition) is 1. The van der Waals surface area contributed by atoms with E-state index in [0.29, 0.717) is 24.8 Å². The lowest BCUT2D eigenvalue weighted by Gasteiger charge is -2.11. The summed E-state index contributed by atoms with van der Waals surface area (Å²) in [6.07, 6.45) is 0. The molecule has 0 atom stereocenters. The van der Waals surface area contributed by atoms with Crippen molar-refractivity contribution in [2.24, 2.45) is 0 Å². The van der Waals surface area contributed by atoms with E-state index in [1.807, 2.05) is 22.6 Å². The Morgan fingerprint density at radius 2 is 1.95 bits per heavy atom. The van der Waals surface area contributed by atoms with E-state index in [0.717, 1.165) is 6.07 Å². The van der Waals surface area contributed by atoms with E-state index in [9.17, 15) is 8.78 Å². The summed E-state index contributed by atoms with van der Waals surface area (Å²) < 4.78 is 29.5. The van der Waals surface area contributed by atoms with Crippen LogP contribution in [0.15, 0.2) is 28.7 Å². The van der Waals surface area contributed by atoms with Crippen LogP contribution in [0.5, 0.6) is 0 Å². The summed E-state index contributed by atoms with van der Waals surface area (Å²) in [4.78, 5) is 4.19. The van der Waals surface area contributed by atoms with Crippen molar-refractivity contribution in [1.82, 2.24) is 9.55 Å². The second-order valence-electron chi connectivity index (χ2n) is 4.28. The minimum Gasteiger partial charge on any atom is -0.369 e. The van der Waals surface area contributed by atoms with E-state index in [2.05, 4.69) is 20.9 Å². The van der Waals surface area contributed by atoms with E-state index in [1.165, 1.54) is 16.7 Å². The molecule has 108 valence electrons. The van der Waals surface area contributed by atoms with Gasteiger partial charge in [-0.2, -0.15) is 0 Å². The van der Waals surface area contributed by atoms with E-state index in [4.69, 9.17) is 17.3 Å². The Morgan fingerprint density at radius 1 is 1.24 bits per heavy atom. The molecule has 0 aliphatic heterocycles. The Kier molecular flexibility index (Phi) is 3.83. The second kappa shape index (κ2) is 5.36. The van der Waals surface area contributed by atoms with Crippen LogP contribution in [-0.4, -0.2) is 9.55 Å². The highest BCUT2D eigenvalue weighted by atomic mass is 127. The molecule has 8 heteroatoms. The predicted molar refractivity (Wildman–Crippen MR) is 90.8 cm³/mol. The quantitative estimate of drug-likeness (QED) is 0.499. The first kappa shape index (κ1) is 15.0. The maximum Gasteiger partial charge on any atom is 0.206 e. The Hall–Kier alpha value is -0.930. The molecule has 0 aliphatic carbocycles. The number of fused-ring (bicyclic) bond motifs is 1. The molecule has 0 aliphatic rings. The third kappa shape index (κ3) is 2.51. The van der Waals surface area contributed by atoms with E-state index in [1.54, 1.807) is 6.07 Å². The molecule has 21 heavy (non-hydrogen) atoms. The van der Waals surface area contributed by atoms with Crippen molar-refractivity contribution in [1.29, 1.82) is 0 Å². The molecular weight excluding hydrogens is 478 g/mol. The van der Waals surface area contributed by atoms with Gasteiger partial charge in [0.1, 0.15) is 11.6 Å². The fraction of sp³-hybridized carbons (Fsp3) is 0. The minimum absolute atomic E-state index is 0.139. The molecule has 0 bridgehead atoms. The smallest absolute Gasteiger partial charge is 0.206 e. The lowest BCUT2D eigenvalue weighted by molar-refractivity contribution is 0.621. The van der Waals surface area contributed by atoms with Crippen molar-refractivity contribution in [3.05, 3.63) is 49.0 Å². The summed E-state index contributed by atoms with van der Waals surface area (Å²) in [6, 6.07) is 5.33. The van der Waals surface area contributed by atoms with Crippen LogP contribution in [0, 0.1) is 15.2 Å². The number of aromatic nitrogens is 2. The number of nitrogen functional groups attached to an aromatic ring is 1. The van der Waals surface area contributed by atoms with Crippen LogP contribution in [0.2, 0.25) is 5.02 Å². The largest absolute Gasteiger partial charge is 0.369 e. The van der Waals surface area contributed by atoms with Gasteiger partial charge in [-0.05, 0) is 56.7 Å². The van der Waals surface area contributed by atoms with Crippen LogP contribution in [0.25, 0.3) is 16.7 Å². The van der Waals surface area contributed by atoms with E-state index >= 15 is 0 Å². The fourth-order valence-electron chi connectivity index (χ4n) is 2.07. The van der Waals surface area contributed by atoms with Gasteiger partial charge in [0.2, 0.25) is 5.95 Å². The SMILES string of the molecule is Nc1nc2cc(I)c(F)cc2n1-c1c(Cl)cc(F)cc1Br. The Morgan fingerprint density at radius 3 is 2.62 bits per heavy atom. The number of rotatable bonds is 1. The normalized spacial score (nSPS) is 11.3. The van der Waals surface area contributed by atoms with Crippen molar-refractivity contribution >= 4 is 67.1 Å². The molecule has 3 aromatic rings. The van der Waals surface area contributed by atoms with Gasteiger partial charge < -0.3 is 5.73 Å². The Labute approximate surface area is 145 Å². The minimum atomic E-state index is -0.487. The summed E-state index contributed by atoms with van der Waals surface area (Å²) >= 11 is 11.2. The van der Waals surface area contributed by atoms with Gasteiger partial charge in [-0.15, -0.1) is 0 Å². The first-order valence-corrected chi connectivity index (χ1v) is 7.91. The topological polar surface area (TPSA) is 43.8 Å². The fourth-order valence-corrected chi connectivity index (χ4v) is 3.54. The molecule has 0 spiro atoms. The summed E-state index contributed by atoms with van der Waals surface area (Å²) in [5, 5.41) is 0.145. The van der Waals surface area contributed by atoms with Gasteiger partial charge in [0, 0.05) is 10.5 Å². The molecule has 0 fully saturated rings. The van der Waals surface area contributed by atoms with E-state index in [-0.39, 0.29) is 11.0 Å². The molecule has 2 N–H and O–H groups in total. The molecule has 1 aromatic heterocycles. The standard InChI is InChI=1S/C13H6BrClF2IN3/c14-6-1-5(16)2-7(15)12(6)21-11-3-8(17)9(18)4-10(11)20-13(21)19/h1-4H,(H2,19,20). The van der Waals surface area contributed by atoms with Crippen LogP contribution >= 0.6 is 50.1 Å². The maximum atomic E-state index is 13.8. The molecule has 0 saturated heterocycles. The number of anilines is 1. The van der Waals surface area contributed by atoms with Crippen molar-refractivity contribution in [3.63, 3.8) is 0 Å². The van der Waals surface area contributed by atoms with Gasteiger partial charge in [0.05, 0.1) is 25.3 Å². The lowest BCUT2D eigenvalue weighted by Crippen LogP contribution is -2.03. The molecular formula is C13H6BrClF2IN3. The number of hydrogen-bond acceptors (Lipinski definition) is 2. The molecule has 3 rings (SSSR count). The van der Waals surface area contributed by atoms with Gasteiger partial charge in [-0.3, -0.25) is 4.57 Å². The van der Waals surface area contributed by atoms with Crippen LogP contribution < -0.4 is 5.73 Å². The summed E-state index contributed by atoms with van der Waals surface area (Å²) in [7, 11) is 0. The summed E-state index contributed by atoms with van der Waals surface area (Å²) in [6.45, 7) is 0. The highest BCUT2D eigenvalue weighted by Gasteiger charge is 2.18. The van der Waals surface area contributed by atoms with Crippen LogP contribution in [0.4, 0.5) is 14.7 Å². The van der Waals surface area contributed by atoms with Gasteiger partial charge in [-0.1, -0.05) is 11.6 Å². The number of nitrogens with zero attached hydrogens (tertiary/aromatic N) is 2. The second-order valence-corrected chi connectivity index (χ2v) is 6.70. The highest BCUT2D eigenvalue weighted by Crippen LogP contribution is 2.35. The van der Waals surface area contributed by atoms with Crippen LogP contribution in [0.1, 0.15) is 0 Å². The zero-order valence-corrected chi connectivity index (χ0v) is 14.7. The maximum absolute atomic E-state index is 13.8. The molecule has 1 heterocycles. The number of imidazole rings is 1. The predicted octanol–water partition coefficient (Wildman–Crippen LogP) is 4.91. The summed E-state index contributed by atoms with van der Waals surface area (Å²) in [5.74, 6) is -0.737. The molecule has 0 saturated carbocycles.